The Kier molecular flexibility index (Phi) is 5.88. The lowest BCUT2D eigenvalue weighted by atomic mass is 9.80. The third kappa shape index (κ3) is 4.79. The first kappa shape index (κ1) is 20.5. The summed E-state index contributed by atoms with van der Waals surface area (Å²) in [5.74, 6) is -0.292. The quantitative estimate of drug-likeness (QED) is 0.692. The number of carbonyl (C=O) groups excluding carboxylic acids is 1. The number of hydrogen-bond donors (Lipinski definition) is 3. The fourth-order valence-corrected chi connectivity index (χ4v) is 4.37. The van der Waals surface area contributed by atoms with Gasteiger partial charge in [-0.2, -0.15) is 0 Å². The van der Waals surface area contributed by atoms with Gasteiger partial charge in [0.05, 0.1) is 10.5 Å². The molecule has 0 aromatic heterocycles. The van der Waals surface area contributed by atoms with Crippen molar-refractivity contribution in [2.24, 2.45) is 5.92 Å². The Balaban J connectivity index is 1.65. The highest BCUT2D eigenvalue weighted by Crippen LogP contribution is 2.28. The van der Waals surface area contributed by atoms with E-state index < -0.39 is 15.6 Å². The topological polar surface area (TPSA) is 95.5 Å². The Morgan fingerprint density at radius 2 is 1.75 bits per heavy atom. The fourth-order valence-electron chi connectivity index (χ4n) is 3.25. The minimum Gasteiger partial charge on any atom is -0.388 e. The summed E-state index contributed by atoms with van der Waals surface area (Å²) in [6.07, 6.45) is 1.65. The first-order chi connectivity index (χ1) is 13.2. The zero-order valence-corrected chi connectivity index (χ0v) is 16.9. The van der Waals surface area contributed by atoms with E-state index in [2.05, 4.69) is 10.0 Å². The van der Waals surface area contributed by atoms with Gasteiger partial charge >= 0.3 is 0 Å². The van der Waals surface area contributed by atoms with Gasteiger partial charge in [-0.05, 0) is 48.2 Å². The summed E-state index contributed by atoms with van der Waals surface area (Å²) in [5.41, 5.74) is 1.70. The molecular weight excluding hydrogens is 376 g/mol. The third-order valence-electron chi connectivity index (χ3n) is 5.05. The highest BCUT2D eigenvalue weighted by atomic mass is 32.2. The maximum absolute atomic E-state index is 12.6. The molecule has 28 heavy (non-hydrogen) atoms. The Morgan fingerprint density at radius 3 is 2.39 bits per heavy atom. The van der Waals surface area contributed by atoms with Crippen molar-refractivity contribution >= 4 is 21.6 Å². The molecule has 3 rings (SSSR count). The van der Waals surface area contributed by atoms with Crippen LogP contribution in [0.3, 0.4) is 0 Å². The summed E-state index contributed by atoms with van der Waals surface area (Å²) in [6, 6.07) is 13.9. The predicted molar refractivity (Wildman–Crippen MR) is 109 cm³/mol. The molecule has 1 aliphatic carbocycles. The van der Waals surface area contributed by atoms with Crippen LogP contribution in [0, 0.1) is 5.92 Å². The SMILES string of the molecule is CC(C)C(=O)Nc1ccc(S(=O)(=O)NC[C@]2(O)CCc3ccccc3C2)cc1. The molecule has 6 nitrogen and oxygen atoms in total. The lowest BCUT2D eigenvalue weighted by molar-refractivity contribution is -0.118. The van der Waals surface area contributed by atoms with Crippen LogP contribution in [0.25, 0.3) is 0 Å². The van der Waals surface area contributed by atoms with Gasteiger partial charge in [0, 0.05) is 24.6 Å². The van der Waals surface area contributed by atoms with Crippen LogP contribution in [0.15, 0.2) is 53.4 Å². The van der Waals surface area contributed by atoms with Gasteiger partial charge in [0.2, 0.25) is 15.9 Å². The smallest absolute Gasteiger partial charge is 0.240 e. The Hall–Kier alpha value is -2.22. The third-order valence-corrected chi connectivity index (χ3v) is 6.46. The molecule has 0 aliphatic heterocycles. The number of fused-ring (bicyclic) bond motifs is 1. The van der Waals surface area contributed by atoms with Gasteiger partial charge in [-0.3, -0.25) is 4.79 Å². The van der Waals surface area contributed by atoms with E-state index in [1.54, 1.807) is 26.0 Å². The number of carbonyl (C=O) groups is 1. The van der Waals surface area contributed by atoms with Gasteiger partial charge in [0.25, 0.3) is 0 Å². The zero-order valence-electron chi connectivity index (χ0n) is 16.1. The molecule has 0 heterocycles. The van der Waals surface area contributed by atoms with E-state index in [9.17, 15) is 18.3 Å². The normalized spacial score (nSPS) is 19.3. The lowest BCUT2D eigenvalue weighted by Gasteiger charge is -2.33. The minimum absolute atomic E-state index is 0.0461. The highest BCUT2D eigenvalue weighted by molar-refractivity contribution is 7.89. The van der Waals surface area contributed by atoms with E-state index in [1.807, 2.05) is 24.3 Å². The largest absolute Gasteiger partial charge is 0.388 e. The molecule has 1 atom stereocenters. The number of amides is 1. The first-order valence-electron chi connectivity index (χ1n) is 9.38. The van der Waals surface area contributed by atoms with Crippen molar-refractivity contribution in [3.8, 4) is 0 Å². The van der Waals surface area contributed by atoms with Crippen LogP contribution in [0.4, 0.5) is 5.69 Å². The maximum Gasteiger partial charge on any atom is 0.240 e. The van der Waals surface area contributed by atoms with Gasteiger partial charge in [-0.1, -0.05) is 38.1 Å². The van der Waals surface area contributed by atoms with Gasteiger partial charge in [0.1, 0.15) is 0 Å². The second-order valence-corrected chi connectivity index (χ2v) is 9.43. The maximum atomic E-state index is 12.6. The Bertz CT molecular complexity index is 955. The van der Waals surface area contributed by atoms with Gasteiger partial charge in [-0.15, -0.1) is 0 Å². The van der Waals surface area contributed by atoms with Crippen LogP contribution in [0.1, 0.15) is 31.4 Å². The lowest BCUT2D eigenvalue weighted by Crippen LogP contribution is -2.46. The second-order valence-electron chi connectivity index (χ2n) is 7.66. The van der Waals surface area contributed by atoms with E-state index in [0.717, 1.165) is 12.0 Å². The molecule has 0 radical (unpaired) electrons. The molecule has 150 valence electrons. The van der Waals surface area contributed by atoms with Crippen LogP contribution >= 0.6 is 0 Å². The number of aryl methyl sites for hydroxylation is 1. The number of hydrogen-bond acceptors (Lipinski definition) is 4. The molecule has 0 bridgehead atoms. The van der Waals surface area contributed by atoms with Gasteiger partial charge in [0.15, 0.2) is 0 Å². The summed E-state index contributed by atoms with van der Waals surface area (Å²) in [5, 5.41) is 13.6. The molecule has 1 amide bonds. The number of nitrogens with one attached hydrogen (secondary N) is 2. The molecule has 3 N–H and O–H groups in total. The van der Waals surface area contributed by atoms with Crippen LogP contribution in [0.2, 0.25) is 0 Å². The van der Waals surface area contributed by atoms with Crippen molar-refractivity contribution in [2.75, 3.05) is 11.9 Å². The standard InChI is InChI=1S/C21H26N2O4S/c1-15(2)20(24)23-18-7-9-19(10-8-18)28(26,27)22-14-21(25)12-11-16-5-3-4-6-17(16)13-21/h3-10,15,22,25H,11-14H2,1-2H3,(H,23,24)/t21-/m0/s1. The van der Waals surface area contributed by atoms with Crippen molar-refractivity contribution < 1.29 is 18.3 Å². The van der Waals surface area contributed by atoms with Crippen molar-refractivity contribution in [1.29, 1.82) is 0 Å². The molecular formula is C21H26N2O4S. The highest BCUT2D eigenvalue weighted by Gasteiger charge is 2.33. The number of benzene rings is 2. The molecule has 0 spiro atoms. The van der Waals surface area contributed by atoms with Crippen molar-refractivity contribution in [1.82, 2.24) is 4.72 Å². The molecule has 0 unspecified atom stereocenters. The van der Waals surface area contributed by atoms with E-state index >= 15 is 0 Å². The molecule has 0 fully saturated rings. The zero-order chi connectivity index (χ0) is 20.4. The van der Waals surface area contributed by atoms with Crippen LogP contribution < -0.4 is 10.0 Å². The number of sulfonamides is 1. The van der Waals surface area contributed by atoms with Gasteiger partial charge < -0.3 is 10.4 Å². The minimum atomic E-state index is -3.76. The predicted octanol–water partition coefficient (Wildman–Crippen LogP) is 2.48. The van der Waals surface area contributed by atoms with Crippen molar-refractivity contribution in [2.45, 2.75) is 43.6 Å². The second kappa shape index (κ2) is 8.03. The average molecular weight is 403 g/mol. The Labute approximate surface area is 166 Å². The Morgan fingerprint density at radius 1 is 1.11 bits per heavy atom. The van der Waals surface area contributed by atoms with E-state index in [1.165, 1.54) is 17.7 Å². The molecule has 1 aliphatic rings. The summed E-state index contributed by atoms with van der Waals surface area (Å²) >= 11 is 0. The number of rotatable bonds is 6. The summed E-state index contributed by atoms with van der Waals surface area (Å²) in [7, 11) is -3.76. The number of aliphatic hydroxyl groups is 1. The van der Waals surface area contributed by atoms with Crippen LogP contribution in [0.5, 0.6) is 0 Å². The molecule has 2 aromatic rings. The average Bonchev–Trinajstić information content (AvgIpc) is 2.67. The summed E-state index contributed by atoms with van der Waals surface area (Å²) in [4.78, 5) is 11.8. The van der Waals surface area contributed by atoms with Crippen molar-refractivity contribution in [3.63, 3.8) is 0 Å². The van der Waals surface area contributed by atoms with Crippen molar-refractivity contribution in [3.05, 3.63) is 59.7 Å². The van der Waals surface area contributed by atoms with Gasteiger partial charge in [-0.25, -0.2) is 13.1 Å². The molecule has 0 saturated carbocycles. The molecule has 0 saturated heterocycles. The summed E-state index contributed by atoms with van der Waals surface area (Å²) < 4.78 is 27.7. The first-order valence-corrected chi connectivity index (χ1v) is 10.9. The fraction of sp³-hybridized carbons (Fsp3) is 0.381. The monoisotopic (exact) mass is 402 g/mol. The van der Waals surface area contributed by atoms with Crippen LogP contribution in [-0.4, -0.2) is 31.6 Å². The molecule has 7 heteroatoms. The van der Waals surface area contributed by atoms with E-state index in [-0.39, 0.29) is 23.3 Å². The van der Waals surface area contributed by atoms with E-state index in [0.29, 0.717) is 18.5 Å². The van der Waals surface area contributed by atoms with E-state index in [4.69, 9.17) is 0 Å². The summed E-state index contributed by atoms with van der Waals surface area (Å²) in [6.45, 7) is 3.52. The van der Waals surface area contributed by atoms with Crippen LogP contribution in [-0.2, 0) is 27.7 Å². The number of anilines is 1. The molecule has 2 aromatic carbocycles.